The largest absolute Gasteiger partial charge is 0.507 e. The third-order valence-electron chi connectivity index (χ3n) is 3.71. The van der Waals surface area contributed by atoms with Crippen molar-refractivity contribution < 1.29 is 9.90 Å². The number of aromatic hydroxyl groups is 1. The standard InChI is InChI=1S/C18H15NO2/c1-11-7-13-9-14(10-19-16(13)8-12(11)2)18(21)15-5-3-4-6-17(15)20/h3-10,20H,1-2H3. The Morgan fingerprint density at radius 2 is 1.76 bits per heavy atom. The predicted octanol–water partition coefficient (Wildman–Crippen LogP) is 3.79. The molecule has 3 rings (SSSR count). The number of para-hydroxylation sites is 1. The van der Waals surface area contributed by atoms with Crippen LogP contribution in [0, 0.1) is 13.8 Å². The van der Waals surface area contributed by atoms with Crippen LogP contribution in [0.25, 0.3) is 10.9 Å². The van der Waals surface area contributed by atoms with E-state index in [1.54, 1.807) is 24.4 Å². The van der Waals surface area contributed by atoms with E-state index in [9.17, 15) is 9.90 Å². The van der Waals surface area contributed by atoms with Gasteiger partial charge in [0, 0.05) is 17.1 Å². The first kappa shape index (κ1) is 13.3. The van der Waals surface area contributed by atoms with Gasteiger partial charge in [0.25, 0.3) is 0 Å². The number of fused-ring (bicyclic) bond motifs is 1. The van der Waals surface area contributed by atoms with Gasteiger partial charge in [-0.3, -0.25) is 9.78 Å². The Kier molecular flexibility index (Phi) is 3.18. The Hall–Kier alpha value is -2.68. The van der Waals surface area contributed by atoms with Crippen molar-refractivity contribution in [3.05, 3.63) is 70.9 Å². The molecule has 0 radical (unpaired) electrons. The van der Waals surface area contributed by atoms with Crippen LogP contribution in [0.4, 0.5) is 0 Å². The van der Waals surface area contributed by atoms with Gasteiger partial charge in [-0.1, -0.05) is 12.1 Å². The van der Waals surface area contributed by atoms with E-state index in [1.165, 1.54) is 11.6 Å². The van der Waals surface area contributed by atoms with E-state index in [4.69, 9.17) is 0 Å². The van der Waals surface area contributed by atoms with Crippen LogP contribution >= 0.6 is 0 Å². The molecule has 0 bridgehead atoms. The minimum absolute atomic E-state index is 0.0114. The molecule has 0 atom stereocenters. The molecule has 0 aliphatic carbocycles. The second-order valence-electron chi connectivity index (χ2n) is 5.20. The van der Waals surface area contributed by atoms with Crippen molar-refractivity contribution in [2.75, 3.05) is 0 Å². The van der Waals surface area contributed by atoms with Gasteiger partial charge in [-0.05, 0) is 55.3 Å². The van der Waals surface area contributed by atoms with Crippen molar-refractivity contribution in [2.45, 2.75) is 13.8 Å². The third kappa shape index (κ3) is 2.38. The summed E-state index contributed by atoms with van der Waals surface area (Å²) in [5, 5.41) is 10.7. The third-order valence-corrected chi connectivity index (χ3v) is 3.71. The highest BCUT2D eigenvalue weighted by atomic mass is 16.3. The summed E-state index contributed by atoms with van der Waals surface area (Å²) >= 11 is 0. The lowest BCUT2D eigenvalue weighted by atomic mass is 10.0. The number of carbonyl (C=O) groups excluding carboxylic acids is 1. The van der Waals surface area contributed by atoms with E-state index in [0.717, 1.165) is 16.5 Å². The van der Waals surface area contributed by atoms with Crippen molar-refractivity contribution in [3.8, 4) is 5.75 Å². The number of hydrogen-bond acceptors (Lipinski definition) is 3. The summed E-state index contributed by atoms with van der Waals surface area (Å²) in [4.78, 5) is 16.8. The van der Waals surface area contributed by atoms with E-state index in [0.29, 0.717) is 11.1 Å². The zero-order valence-corrected chi connectivity index (χ0v) is 11.9. The molecule has 104 valence electrons. The smallest absolute Gasteiger partial charge is 0.198 e. The molecule has 0 saturated carbocycles. The summed E-state index contributed by atoms with van der Waals surface area (Å²) in [7, 11) is 0. The first-order valence-electron chi connectivity index (χ1n) is 6.76. The highest BCUT2D eigenvalue weighted by molar-refractivity contribution is 6.11. The second-order valence-corrected chi connectivity index (χ2v) is 5.20. The Balaban J connectivity index is 2.11. The molecular formula is C18H15NO2. The molecule has 21 heavy (non-hydrogen) atoms. The molecule has 3 heteroatoms. The van der Waals surface area contributed by atoms with Gasteiger partial charge in [0.15, 0.2) is 5.78 Å². The highest BCUT2D eigenvalue weighted by Gasteiger charge is 2.14. The number of aryl methyl sites for hydroxylation is 2. The van der Waals surface area contributed by atoms with Crippen molar-refractivity contribution in [1.29, 1.82) is 0 Å². The molecule has 3 aromatic rings. The summed E-state index contributed by atoms with van der Waals surface area (Å²) in [6, 6.07) is 12.4. The van der Waals surface area contributed by atoms with Crippen molar-refractivity contribution in [1.82, 2.24) is 4.98 Å². The van der Waals surface area contributed by atoms with Crippen molar-refractivity contribution >= 4 is 16.7 Å². The summed E-state index contributed by atoms with van der Waals surface area (Å²) in [5.74, 6) is -0.233. The van der Waals surface area contributed by atoms with Crippen LogP contribution in [-0.2, 0) is 0 Å². The number of aromatic nitrogens is 1. The number of phenols is 1. The minimum atomic E-state index is -0.222. The maximum Gasteiger partial charge on any atom is 0.198 e. The minimum Gasteiger partial charge on any atom is -0.507 e. The van der Waals surface area contributed by atoms with E-state index >= 15 is 0 Å². The number of ketones is 1. The second kappa shape index (κ2) is 5.02. The number of benzene rings is 2. The SMILES string of the molecule is Cc1cc2cc(C(=O)c3ccccc3O)cnc2cc1C. The highest BCUT2D eigenvalue weighted by Crippen LogP contribution is 2.23. The fraction of sp³-hybridized carbons (Fsp3) is 0.111. The van der Waals surface area contributed by atoms with Gasteiger partial charge in [0.05, 0.1) is 11.1 Å². The molecule has 1 heterocycles. The average Bonchev–Trinajstić information content (AvgIpc) is 2.48. The van der Waals surface area contributed by atoms with E-state index in [-0.39, 0.29) is 11.5 Å². The molecule has 0 unspecified atom stereocenters. The van der Waals surface area contributed by atoms with Gasteiger partial charge < -0.3 is 5.11 Å². The van der Waals surface area contributed by atoms with Gasteiger partial charge in [-0.15, -0.1) is 0 Å². The van der Waals surface area contributed by atoms with Crippen LogP contribution in [0.1, 0.15) is 27.0 Å². The molecule has 0 fully saturated rings. The maximum absolute atomic E-state index is 12.5. The quantitative estimate of drug-likeness (QED) is 0.725. The maximum atomic E-state index is 12.5. The van der Waals surface area contributed by atoms with Gasteiger partial charge in [-0.2, -0.15) is 0 Å². The summed E-state index contributed by atoms with van der Waals surface area (Å²) in [5.41, 5.74) is 3.98. The summed E-state index contributed by atoms with van der Waals surface area (Å²) < 4.78 is 0. The van der Waals surface area contributed by atoms with Crippen LogP contribution in [0.2, 0.25) is 0 Å². The number of pyridine rings is 1. The lowest BCUT2D eigenvalue weighted by molar-refractivity contribution is 0.103. The summed E-state index contributed by atoms with van der Waals surface area (Å²) in [6.45, 7) is 4.07. The van der Waals surface area contributed by atoms with Crippen LogP contribution in [0.3, 0.4) is 0 Å². The first-order valence-corrected chi connectivity index (χ1v) is 6.76. The fourth-order valence-corrected chi connectivity index (χ4v) is 2.34. The Labute approximate surface area is 122 Å². The van der Waals surface area contributed by atoms with E-state index in [1.807, 2.05) is 32.0 Å². The number of rotatable bonds is 2. The van der Waals surface area contributed by atoms with Crippen LogP contribution < -0.4 is 0 Å². The molecule has 3 nitrogen and oxygen atoms in total. The average molecular weight is 277 g/mol. The molecule has 0 aliphatic rings. The number of nitrogens with zero attached hydrogens (tertiary/aromatic N) is 1. The number of hydrogen-bond donors (Lipinski definition) is 1. The first-order chi connectivity index (χ1) is 10.1. The van der Waals surface area contributed by atoms with E-state index < -0.39 is 0 Å². The number of phenolic OH excluding ortho intramolecular Hbond substituents is 1. The molecule has 0 spiro atoms. The van der Waals surface area contributed by atoms with Gasteiger partial charge >= 0.3 is 0 Å². The van der Waals surface area contributed by atoms with Gasteiger partial charge in [-0.25, -0.2) is 0 Å². The monoisotopic (exact) mass is 277 g/mol. The zero-order chi connectivity index (χ0) is 15.0. The molecular weight excluding hydrogens is 262 g/mol. The zero-order valence-electron chi connectivity index (χ0n) is 11.9. The topological polar surface area (TPSA) is 50.2 Å². The van der Waals surface area contributed by atoms with Crippen LogP contribution in [0.15, 0.2) is 48.7 Å². The Morgan fingerprint density at radius 1 is 1.05 bits per heavy atom. The summed E-state index contributed by atoms with van der Waals surface area (Å²) in [6.07, 6.45) is 1.56. The molecule has 0 amide bonds. The van der Waals surface area contributed by atoms with Crippen LogP contribution in [0.5, 0.6) is 5.75 Å². The van der Waals surface area contributed by atoms with E-state index in [2.05, 4.69) is 4.98 Å². The predicted molar refractivity (Wildman–Crippen MR) is 82.8 cm³/mol. The lowest BCUT2D eigenvalue weighted by Crippen LogP contribution is -2.02. The molecule has 2 aromatic carbocycles. The lowest BCUT2D eigenvalue weighted by Gasteiger charge is -2.07. The van der Waals surface area contributed by atoms with Crippen molar-refractivity contribution in [2.24, 2.45) is 0 Å². The van der Waals surface area contributed by atoms with Crippen molar-refractivity contribution in [3.63, 3.8) is 0 Å². The molecule has 1 N–H and O–H groups in total. The fourth-order valence-electron chi connectivity index (χ4n) is 2.34. The molecule has 0 aliphatic heterocycles. The van der Waals surface area contributed by atoms with Gasteiger partial charge in [0.1, 0.15) is 5.75 Å². The Morgan fingerprint density at radius 3 is 2.52 bits per heavy atom. The van der Waals surface area contributed by atoms with Gasteiger partial charge in [0.2, 0.25) is 0 Å². The molecule has 0 saturated heterocycles. The van der Waals surface area contributed by atoms with Crippen LogP contribution in [-0.4, -0.2) is 15.9 Å². The number of carbonyl (C=O) groups is 1. The Bertz CT molecular complexity index is 853. The molecule has 1 aromatic heterocycles. The normalized spacial score (nSPS) is 10.8.